The van der Waals surface area contributed by atoms with E-state index in [4.69, 9.17) is 19.9 Å². The number of morpholine rings is 1. The highest BCUT2D eigenvalue weighted by atomic mass is 16.5. The number of benzene rings is 2. The quantitative estimate of drug-likeness (QED) is 0.884. The van der Waals surface area contributed by atoms with E-state index in [1.165, 1.54) is 5.56 Å². The van der Waals surface area contributed by atoms with Crippen LogP contribution in [-0.2, 0) is 4.74 Å². The van der Waals surface area contributed by atoms with E-state index in [0.29, 0.717) is 6.54 Å². The monoisotopic (exact) mass is 328 g/mol. The fraction of sp³-hybridized carbons (Fsp3) is 0.368. The van der Waals surface area contributed by atoms with Gasteiger partial charge in [-0.2, -0.15) is 0 Å². The normalized spacial score (nSPS) is 16.6. The highest BCUT2D eigenvalue weighted by Crippen LogP contribution is 2.27. The Balaban J connectivity index is 1.67. The van der Waals surface area contributed by atoms with Crippen LogP contribution in [0.25, 0.3) is 0 Å². The molecule has 2 N–H and O–H groups in total. The molecule has 5 heteroatoms. The molecule has 1 fully saturated rings. The summed E-state index contributed by atoms with van der Waals surface area (Å²) in [6.07, 6.45) is 0. The molecule has 0 bridgehead atoms. The molecule has 24 heavy (non-hydrogen) atoms. The Morgan fingerprint density at radius 3 is 2.04 bits per heavy atom. The van der Waals surface area contributed by atoms with Gasteiger partial charge in [0, 0.05) is 25.7 Å². The molecule has 2 aromatic rings. The first-order valence-electron chi connectivity index (χ1n) is 8.24. The first kappa shape index (κ1) is 16.8. The van der Waals surface area contributed by atoms with Crippen molar-refractivity contribution in [3.8, 4) is 17.2 Å². The maximum absolute atomic E-state index is 6.00. The van der Waals surface area contributed by atoms with Gasteiger partial charge in [-0.25, -0.2) is 0 Å². The second-order valence-corrected chi connectivity index (χ2v) is 5.75. The van der Waals surface area contributed by atoms with E-state index in [-0.39, 0.29) is 6.04 Å². The molecule has 0 aliphatic carbocycles. The topological polar surface area (TPSA) is 57.0 Å². The van der Waals surface area contributed by atoms with E-state index in [0.717, 1.165) is 43.6 Å². The lowest BCUT2D eigenvalue weighted by molar-refractivity contribution is 0.0179. The van der Waals surface area contributed by atoms with E-state index >= 15 is 0 Å². The average Bonchev–Trinajstić information content (AvgIpc) is 2.65. The number of hydrogen-bond acceptors (Lipinski definition) is 5. The molecule has 1 saturated heterocycles. The van der Waals surface area contributed by atoms with Gasteiger partial charge in [0.1, 0.15) is 17.2 Å². The molecule has 0 aromatic heterocycles. The lowest BCUT2D eigenvalue weighted by Crippen LogP contribution is -2.41. The van der Waals surface area contributed by atoms with Crippen molar-refractivity contribution in [1.82, 2.24) is 4.90 Å². The van der Waals surface area contributed by atoms with Gasteiger partial charge in [-0.05, 0) is 42.0 Å². The third kappa shape index (κ3) is 4.06. The molecule has 1 atom stereocenters. The highest BCUT2D eigenvalue weighted by Gasteiger charge is 2.21. The summed E-state index contributed by atoms with van der Waals surface area (Å²) in [7, 11) is 1.65. The van der Waals surface area contributed by atoms with Gasteiger partial charge >= 0.3 is 0 Å². The van der Waals surface area contributed by atoms with Crippen molar-refractivity contribution in [1.29, 1.82) is 0 Å². The van der Waals surface area contributed by atoms with Crippen molar-refractivity contribution in [3.05, 3.63) is 54.1 Å². The van der Waals surface area contributed by atoms with E-state index in [1.807, 2.05) is 36.4 Å². The SMILES string of the molecule is COc1ccc(Oc2ccc(C(CN)N3CCOCC3)cc2)cc1. The first-order valence-corrected chi connectivity index (χ1v) is 8.24. The van der Waals surface area contributed by atoms with E-state index < -0.39 is 0 Å². The predicted octanol–water partition coefficient (Wildman–Crippen LogP) is 2.82. The van der Waals surface area contributed by atoms with Gasteiger partial charge in [-0.15, -0.1) is 0 Å². The Kier molecular flexibility index (Phi) is 5.69. The number of hydrogen-bond donors (Lipinski definition) is 1. The Morgan fingerprint density at radius 2 is 1.50 bits per heavy atom. The van der Waals surface area contributed by atoms with Gasteiger partial charge in [-0.3, -0.25) is 4.90 Å². The lowest BCUT2D eigenvalue weighted by Gasteiger charge is -2.34. The molecule has 1 aliphatic rings. The van der Waals surface area contributed by atoms with Crippen LogP contribution in [0.2, 0.25) is 0 Å². The van der Waals surface area contributed by atoms with Crippen LogP contribution in [0.15, 0.2) is 48.5 Å². The molecule has 128 valence electrons. The predicted molar refractivity (Wildman–Crippen MR) is 93.7 cm³/mol. The molecule has 5 nitrogen and oxygen atoms in total. The standard InChI is InChI=1S/C19H24N2O3/c1-22-16-6-8-18(9-7-16)24-17-4-2-15(3-5-17)19(14-20)21-10-12-23-13-11-21/h2-9,19H,10-14,20H2,1H3. The fourth-order valence-corrected chi connectivity index (χ4v) is 2.92. The van der Waals surface area contributed by atoms with Crippen molar-refractivity contribution in [2.75, 3.05) is 40.0 Å². The zero-order chi connectivity index (χ0) is 16.8. The third-order valence-electron chi connectivity index (χ3n) is 4.27. The second-order valence-electron chi connectivity index (χ2n) is 5.75. The molecule has 1 heterocycles. The molecule has 0 amide bonds. The van der Waals surface area contributed by atoms with Gasteiger partial charge in [-0.1, -0.05) is 12.1 Å². The molecule has 1 aliphatic heterocycles. The number of ether oxygens (including phenoxy) is 3. The average molecular weight is 328 g/mol. The number of nitrogens with two attached hydrogens (primary N) is 1. The van der Waals surface area contributed by atoms with E-state index in [9.17, 15) is 0 Å². The van der Waals surface area contributed by atoms with Crippen LogP contribution in [0.3, 0.4) is 0 Å². The van der Waals surface area contributed by atoms with Crippen molar-refractivity contribution in [2.24, 2.45) is 5.73 Å². The highest BCUT2D eigenvalue weighted by molar-refractivity contribution is 5.36. The molecule has 0 radical (unpaired) electrons. The summed E-state index contributed by atoms with van der Waals surface area (Å²) in [5.74, 6) is 2.41. The van der Waals surface area contributed by atoms with Gasteiger partial charge in [0.15, 0.2) is 0 Å². The van der Waals surface area contributed by atoms with Crippen molar-refractivity contribution < 1.29 is 14.2 Å². The summed E-state index contributed by atoms with van der Waals surface area (Å²) in [6, 6.07) is 15.9. The summed E-state index contributed by atoms with van der Waals surface area (Å²) < 4.78 is 16.4. The fourth-order valence-electron chi connectivity index (χ4n) is 2.92. The second kappa shape index (κ2) is 8.15. The summed E-state index contributed by atoms with van der Waals surface area (Å²) in [4.78, 5) is 2.38. The minimum atomic E-state index is 0.226. The maximum Gasteiger partial charge on any atom is 0.127 e. The van der Waals surface area contributed by atoms with Crippen LogP contribution < -0.4 is 15.2 Å². The Bertz CT molecular complexity index is 622. The zero-order valence-corrected chi connectivity index (χ0v) is 14.0. The van der Waals surface area contributed by atoms with Crippen LogP contribution in [0.4, 0.5) is 0 Å². The van der Waals surface area contributed by atoms with Crippen LogP contribution in [-0.4, -0.2) is 44.9 Å². The first-order chi connectivity index (χ1) is 11.8. The Hall–Kier alpha value is -2.08. The Labute approximate surface area is 142 Å². The molecule has 0 spiro atoms. The zero-order valence-electron chi connectivity index (χ0n) is 14.0. The largest absolute Gasteiger partial charge is 0.497 e. The summed E-state index contributed by atoms with van der Waals surface area (Å²) in [6.45, 7) is 3.99. The van der Waals surface area contributed by atoms with Crippen LogP contribution in [0.5, 0.6) is 17.2 Å². The van der Waals surface area contributed by atoms with Crippen molar-refractivity contribution in [2.45, 2.75) is 6.04 Å². The van der Waals surface area contributed by atoms with Crippen LogP contribution in [0, 0.1) is 0 Å². The van der Waals surface area contributed by atoms with Gasteiger partial charge in [0.05, 0.1) is 20.3 Å². The summed E-state index contributed by atoms with van der Waals surface area (Å²) in [5.41, 5.74) is 7.21. The van der Waals surface area contributed by atoms with Gasteiger partial charge in [0.2, 0.25) is 0 Å². The molecular formula is C19H24N2O3. The lowest BCUT2D eigenvalue weighted by atomic mass is 10.0. The van der Waals surface area contributed by atoms with Gasteiger partial charge in [0.25, 0.3) is 0 Å². The summed E-state index contributed by atoms with van der Waals surface area (Å²) in [5, 5.41) is 0. The van der Waals surface area contributed by atoms with E-state index in [1.54, 1.807) is 7.11 Å². The number of methoxy groups -OCH3 is 1. The van der Waals surface area contributed by atoms with Crippen LogP contribution in [0.1, 0.15) is 11.6 Å². The molecule has 3 rings (SSSR count). The number of nitrogens with zero attached hydrogens (tertiary/aromatic N) is 1. The minimum Gasteiger partial charge on any atom is -0.497 e. The molecule has 0 saturated carbocycles. The van der Waals surface area contributed by atoms with Crippen molar-refractivity contribution in [3.63, 3.8) is 0 Å². The summed E-state index contributed by atoms with van der Waals surface area (Å²) >= 11 is 0. The molecular weight excluding hydrogens is 304 g/mol. The van der Waals surface area contributed by atoms with E-state index in [2.05, 4.69) is 17.0 Å². The van der Waals surface area contributed by atoms with Gasteiger partial charge < -0.3 is 19.9 Å². The molecule has 2 aromatic carbocycles. The smallest absolute Gasteiger partial charge is 0.127 e. The minimum absolute atomic E-state index is 0.226. The molecule has 1 unspecified atom stereocenters. The Morgan fingerprint density at radius 1 is 0.958 bits per heavy atom. The van der Waals surface area contributed by atoms with Crippen molar-refractivity contribution >= 4 is 0 Å². The number of rotatable bonds is 6. The third-order valence-corrected chi connectivity index (χ3v) is 4.27. The maximum atomic E-state index is 6.00. The van der Waals surface area contributed by atoms with Crippen LogP contribution >= 0.6 is 0 Å².